The van der Waals surface area contributed by atoms with Gasteiger partial charge in [0, 0.05) is 17.2 Å². The van der Waals surface area contributed by atoms with Crippen molar-refractivity contribution < 1.29 is 27.5 Å². The number of carbonyl (C=O) groups is 2. The number of benzene rings is 2. The molecule has 0 aliphatic carbocycles. The van der Waals surface area contributed by atoms with Crippen molar-refractivity contribution in [3.63, 3.8) is 0 Å². The average molecular weight is 461 g/mol. The van der Waals surface area contributed by atoms with Crippen molar-refractivity contribution in [3.05, 3.63) is 53.6 Å². The van der Waals surface area contributed by atoms with E-state index in [9.17, 15) is 18.0 Å². The van der Waals surface area contributed by atoms with E-state index >= 15 is 0 Å². The fourth-order valence-electron chi connectivity index (χ4n) is 3.89. The quantitative estimate of drug-likeness (QED) is 0.574. The summed E-state index contributed by atoms with van der Waals surface area (Å²) in [6.45, 7) is 1.53. The molecule has 0 radical (unpaired) electrons. The van der Waals surface area contributed by atoms with Gasteiger partial charge in [0.2, 0.25) is 10.0 Å². The lowest BCUT2D eigenvalue weighted by molar-refractivity contribution is 0.0803. The van der Waals surface area contributed by atoms with Crippen molar-refractivity contribution in [2.75, 3.05) is 44.8 Å². The van der Waals surface area contributed by atoms with Crippen LogP contribution in [0.15, 0.2) is 42.5 Å². The number of methoxy groups -OCH3 is 2. The minimum Gasteiger partial charge on any atom is -0.493 e. The summed E-state index contributed by atoms with van der Waals surface area (Å²) in [5.41, 5.74) is 1.45. The molecule has 9 heteroatoms. The first-order chi connectivity index (χ1) is 15.2. The number of sulfonamides is 1. The Hall–Kier alpha value is -2.91. The highest BCUT2D eigenvalue weighted by Crippen LogP contribution is 2.34. The summed E-state index contributed by atoms with van der Waals surface area (Å²) in [7, 11) is -0.300. The minimum atomic E-state index is -3.36. The van der Waals surface area contributed by atoms with Gasteiger partial charge in [-0.05, 0) is 62.3 Å². The predicted octanol–water partition coefficient (Wildman–Crippen LogP) is 2.85. The van der Waals surface area contributed by atoms with Gasteiger partial charge < -0.3 is 9.47 Å². The van der Waals surface area contributed by atoms with Crippen LogP contribution in [-0.4, -0.2) is 65.0 Å². The molecule has 0 amide bonds. The van der Waals surface area contributed by atoms with Crippen LogP contribution in [0.3, 0.4) is 0 Å². The molecule has 3 rings (SSSR count). The van der Waals surface area contributed by atoms with E-state index in [1.54, 1.807) is 42.5 Å². The second-order valence-electron chi connectivity index (χ2n) is 7.83. The number of anilines is 1. The van der Waals surface area contributed by atoms with E-state index in [2.05, 4.69) is 4.72 Å². The topological polar surface area (TPSA) is 102 Å². The Labute approximate surface area is 188 Å². The maximum absolute atomic E-state index is 13.1. The highest BCUT2D eigenvalue weighted by molar-refractivity contribution is 7.92. The number of hydrogen-bond donors (Lipinski definition) is 1. The molecule has 1 heterocycles. The van der Waals surface area contributed by atoms with Crippen LogP contribution in [-0.2, 0) is 10.0 Å². The Balaban J connectivity index is 1.57. The molecule has 0 spiro atoms. The lowest BCUT2D eigenvalue weighted by atomic mass is 9.88. The van der Waals surface area contributed by atoms with Crippen LogP contribution in [0.4, 0.5) is 5.69 Å². The third-order valence-corrected chi connectivity index (χ3v) is 6.11. The molecule has 1 saturated heterocycles. The summed E-state index contributed by atoms with van der Waals surface area (Å²) < 4.78 is 35.7. The Morgan fingerprint density at radius 2 is 1.69 bits per heavy atom. The summed E-state index contributed by atoms with van der Waals surface area (Å²) in [4.78, 5) is 27.7. The van der Waals surface area contributed by atoms with Gasteiger partial charge in [-0.15, -0.1) is 0 Å². The van der Waals surface area contributed by atoms with Crippen molar-refractivity contribution in [1.29, 1.82) is 0 Å². The zero-order valence-corrected chi connectivity index (χ0v) is 19.3. The molecule has 2 aromatic rings. The Bertz CT molecular complexity index is 1070. The Morgan fingerprint density at radius 1 is 1.03 bits per heavy atom. The standard InChI is InChI=1S/C23H28N2O6S/c1-30-21-6-4-5-19(23(21)31-2)22(27)17-11-13-25(14-12-17)15-20(26)16-7-9-18(10-8-16)24-32(3,28)29/h4-10,17,24H,11-15H2,1-3H3. The molecule has 0 aromatic heterocycles. The second kappa shape index (κ2) is 10.1. The van der Waals surface area contributed by atoms with E-state index in [1.807, 2.05) is 4.90 Å². The van der Waals surface area contributed by atoms with Crippen molar-refractivity contribution in [2.24, 2.45) is 5.92 Å². The molecular weight excluding hydrogens is 432 g/mol. The van der Waals surface area contributed by atoms with Crippen LogP contribution in [0.2, 0.25) is 0 Å². The second-order valence-corrected chi connectivity index (χ2v) is 9.58. The summed E-state index contributed by atoms with van der Waals surface area (Å²) in [5.74, 6) is 0.824. The lowest BCUT2D eigenvalue weighted by Gasteiger charge is -2.31. The van der Waals surface area contributed by atoms with Crippen LogP contribution >= 0.6 is 0 Å². The third kappa shape index (κ3) is 5.86. The van der Waals surface area contributed by atoms with Gasteiger partial charge in [0.05, 0.1) is 32.6 Å². The molecule has 1 fully saturated rings. The number of ketones is 2. The maximum atomic E-state index is 13.1. The van der Waals surface area contributed by atoms with Crippen LogP contribution in [0, 0.1) is 5.92 Å². The number of carbonyl (C=O) groups excluding carboxylic acids is 2. The van der Waals surface area contributed by atoms with Gasteiger partial charge in [-0.2, -0.15) is 0 Å². The largest absolute Gasteiger partial charge is 0.493 e. The molecule has 8 nitrogen and oxygen atoms in total. The van der Waals surface area contributed by atoms with E-state index < -0.39 is 10.0 Å². The highest BCUT2D eigenvalue weighted by atomic mass is 32.2. The number of hydrogen-bond acceptors (Lipinski definition) is 7. The lowest BCUT2D eigenvalue weighted by Crippen LogP contribution is -2.39. The van der Waals surface area contributed by atoms with Gasteiger partial charge in [0.15, 0.2) is 23.1 Å². The van der Waals surface area contributed by atoms with Gasteiger partial charge >= 0.3 is 0 Å². The fourth-order valence-corrected chi connectivity index (χ4v) is 4.45. The van der Waals surface area contributed by atoms with Crippen molar-refractivity contribution in [3.8, 4) is 11.5 Å². The molecule has 1 aliphatic rings. The van der Waals surface area contributed by atoms with E-state index in [-0.39, 0.29) is 24.0 Å². The number of Topliss-reactive ketones (excluding diaryl/α,β-unsaturated/α-hetero) is 2. The van der Waals surface area contributed by atoms with Gasteiger partial charge in [0.25, 0.3) is 0 Å². The maximum Gasteiger partial charge on any atom is 0.229 e. The smallest absolute Gasteiger partial charge is 0.229 e. The van der Waals surface area contributed by atoms with Crippen molar-refractivity contribution in [1.82, 2.24) is 4.90 Å². The van der Waals surface area contributed by atoms with Crippen molar-refractivity contribution >= 4 is 27.3 Å². The van der Waals surface area contributed by atoms with Crippen LogP contribution < -0.4 is 14.2 Å². The first kappa shape index (κ1) is 23.7. The molecule has 1 aliphatic heterocycles. The van der Waals surface area contributed by atoms with E-state index in [0.717, 1.165) is 6.26 Å². The zero-order valence-electron chi connectivity index (χ0n) is 18.5. The Kier molecular flexibility index (Phi) is 7.52. The monoisotopic (exact) mass is 460 g/mol. The first-order valence-corrected chi connectivity index (χ1v) is 12.2. The van der Waals surface area contributed by atoms with E-state index in [4.69, 9.17) is 9.47 Å². The molecule has 0 bridgehead atoms. The van der Waals surface area contributed by atoms with E-state index in [1.165, 1.54) is 14.2 Å². The molecule has 1 N–H and O–H groups in total. The summed E-state index contributed by atoms with van der Waals surface area (Å²) in [5, 5.41) is 0. The number of likely N-dealkylation sites (tertiary alicyclic amines) is 1. The van der Waals surface area contributed by atoms with Crippen molar-refractivity contribution in [2.45, 2.75) is 12.8 Å². The highest BCUT2D eigenvalue weighted by Gasteiger charge is 2.29. The molecule has 0 atom stereocenters. The summed E-state index contributed by atoms with van der Waals surface area (Å²) >= 11 is 0. The third-order valence-electron chi connectivity index (χ3n) is 5.50. The predicted molar refractivity (Wildman–Crippen MR) is 122 cm³/mol. The molecule has 0 saturated carbocycles. The summed E-state index contributed by atoms with van der Waals surface area (Å²) in [6.07, 6.45) is 2.39. The number of para-hydroxylation sites is 1. The normalized spacial score (nSPS) is 15.2. The summed E-state index contributed by atoms with van der Waals surface area (Å²) in [6, 6.07) is 11.7. The molecule has 172 valence electrons. The molecule has 32 heavy (non-hydrogen) atoms. The van der Waals surface area contributed by atoms with Gasteiger partial charge in [0.1, 0.15) is 0 Å². The zero-order chi connectivity index (χ0) is 23.3. The number of ether oxygens (including phenoxy) is 2. The van der Waals surface area contributed by atoms with Gasteiger partial charge in [-0.3, -0.25) is 19.2 Å². The number of nitrogens with one attached hydrogen (secondary N) is 1. The fraction of sp³-hybridized carbons (Fsp3) is 0.391. The molecular formula is C23H28N2O6S. The number of piperidine rings is 1. The van der Waals surface area contributed by atoms with Gasteiger partial charge in [-0.25, -0.2) is 8.42 Å². The first-order valence-electron chi connectivity index (χ1n) is 10.3. The van der Waals surface area contributed by atoms with Crippen LogP contribution in [0.5, 0.6) is 11.5 Å². The van der Waals surface area contributed by atoms with E-state index in [0.29, 0.717) is 54.2 Å². The number of rotatable bonds is 9. The average Bonchev–Trinajstić information content (AvgIpc) is 2.77. The van der Waals surface area contributed by atoms with Crippen LogP contribution in [0.1, 0.15) is 33.6 Å². The molecule has 0 unspecified atom stereocenters. The Morgan fingerprint density at radius 3 is 2.25 bits per heavy atom. The van der Waals surface area contributed by atoms with Crippen LogP contribution in [0.25, 0.3) is 0 Å². The number of nitrogens with zero attached hydrogens (tertiary/aromatic N) is 1. The minimum absolute atomic E-state index is 0.0284. The van der Waals surface area contributed by atoms with Gasteiger partial charge in [-0.1, -0.05) is 6.07 Å². The molecule has 2 aromatic carbocycles. The SMILES string of the molecule is COc1cccc(C(=O)C2CCN(CC(=O)c3ccc(NS(C)(=O)=O)cc3)CC2)c1OC.